The maximum Gasteiger partial charge on any atom is 0.140 e. The molecule has 0 heterocycles. The summed E-state index contributed by atoms with van der Waals surface area (Å²) in [4.78, 5) is 0. The number of rotatable bonds is 3. The highest BCUT2D eigenvalue weighted by molar-refractivity contribution is 6.12. The van der Waals surface area contributed by atoms with Gasteiger partial charge in [0.15, 0.2) is 0 Å². The van der Waals surface area contributed by atoms with E-state index in [1.54, 1.807) is 0 Å². The van der Waals surface area contributed by atoms with Gasteiger partial charge in [-0.3, -0.25) is 5.41 Å². The van der Waals surface area contributed by atoms with Crippen molar-refractivity contribution in [1.29, 1.82) is 5.41 Å². The van der Waals surface area contributed by atoms with E-state index in [-0.39, 0.29) is 11.3 Å². The van der Waals surface area contributed by atoms with Crippen molar-refractivity contribution in [2.75, 3.05) is 0 Å². The Morgan fingerprint density at radius 1 is 0.590 bits per heavy atom. The highest BCUT2D eigenvalue weighted by Gasteiger charge is 2.35. The number of nitrogens with one attached hydrogen (secondary N) is 2. The Hall–Kier alpha value is -4.73. The SMILES string of the molecule is CC1(C)c2ccccc2-c2ccc(-c3ccc(-c4cc5ccccc5cc4C(=N)NN)c4ccccc34)cc21. The number of amidine groups is 1. The molecule has 0 bridgehead atoms. The Labute approximate surface area is 228 Å². The van der Waals surface area contributed by atoms with Crippen LogP contribution in [-0.4, -0.2) is 5.84 Å². The molecule has 0 aliphatic heterocycles. The molecule has 0 radical (unpaired) electrons. The molecule has 0 spiro atoms. The smallest absolute Gasteiger partial charge is 0.140 e. The van der Waals surface area contributed by atoms with Crippen LogP contribution in [-0.2, 0) is 5.41 Å². The summed E-state index contributed by atoms with van der Waals surface area (Å²) >= 11 is 0. The molecule has 39 heavy (non-hydrogen) atoms. The van der Waals surface area contributed by atoms with Crippen molar-refractivity contribution in [3.8, 4) is 33.4 Å². The third kappa shape index (κ3) is 3.51. The first-order valence-corrected chi connectivity index (χ1v) is 13.3. The van der Waals surface area contributed by atoms with E-state index >= 15 is 0 Å². The topological polar surface area (TPSA) is 61.9 Å². The quantitative estimate of drug-likeness (QED) is 0.0982. The summed E-state index contributed by atoms with van der Waals surface area (Å²) in [5, 5.41) is 13.1. The van der Waals surface area contributed by atoms with Gasteiger partial charge in [0.1, 0.15) is 5.84 Å². The fourth-order valence-electron chi connectivity index (χ4n) is 6.41. The highest BCUT2D eigenvalue weighted by Crippen LogP contribution is 2.50. The molecular weight excluding hydrogens is 474 g/mol. The van der Waals surface area contributed by atoms with Crippen LogP contribution in [0.1, 0.15) is 30.5 Å². The summed E-state index contributed by atoms with van der Waals surface area (Å²) in [6.45, 7) is 4.65. The maximum atomic E-state index is 8.56. The summed E-state index contributed by atoms with van der Waals surface area (Å²) in [6, 6.07) is 41.2. The molecule has 0 fully saturated rings. The monoisotopic (exact) mass is 503 g/mol. The molecule has 0 atom stereocenters. The van der Waals surface area contributed by atoms with Gasteiger partial charge < -0.3 is 5.43 Å². The molecule has 0 saturated carbocycles. The first-order valence-electron chi connectivity index (χ1n) is 13.3. The lowest BCUT2D eigenvalue weighted by atomic mass is 9.81. The van der Waals surface area contributed by atoms with E-state index < -0.39 is 0 Å². The minimum atomic E-state index is -0.0484. The summed E-state index contributed by atoms with van der Waals surface area (Å²) in [5.41, 5.74) is 13.2. The van der Waals surface area contributed by atoms with Gasteiger partial charge in [-0.1, -0.05) is 111 Å². The molecule has 3 heteroatoms. The van der Waals surface area contributed by atoms with Crippen LogP contribution in [0, 0.1) is 5.41 Å². The van der Waals surface area contributed by atoms with Crippen LogP contribution in [0.25, 0.3) is 54.9 Å². The van der Waals surface area contributed by atoms with E-state index in [2.05, 4.69) is 122 Å². The minimum Gasteiger partial charge on any atom is -0.308 e. The number of nitrogens with two attached hydrogens (primary N) is 1. The summed E-state index contributed by atoms with van der Waals surface area (Å²) in [5.74, 6) is 5.93. The largest absolute Gasteiger partial charge is 0.308 e. The van der Waals surface area contributed by atoms with Crippen molar-refractivity contribution in [2.24, 2.45) is 5.84 Å². The fraction of sp³-hybridized carbons (Fsp3) is 0.0833. The van der Waals surface area contributed by atoms with Gasteiger partial charge in [-0.2, -0.15) is 0 Å². The molecule has 1 aliphatic carbocycles. The molecule has 3 nitrogen and oxygen atoms in total. The van der Waals surface area contributed by atoms with E-state index in [0.29, 0.717) is 0 Å². The number of hydrogen-bond donors (Lipinski definition) is 3. The van der Waals surface area contributed by atoms with Crippen LogP contribution < -0.4 is 11.3 Å². The van der Waals surface area contributed by atoms with Gasteiger partial charge in [-0.25, -0.2) is 5.84 Å². The first kappa shape index (κ1) is 23.4. The predicted octanol–water partition coefficient (Wildman–Crippen LogP) is 8.42. The van der Waals surface area contributed by atoms with Gasteiger partial charge in [0.2, 0.25) is 0 Å². The summed E-state index contributed by atoms with van der Waals surface area (Å²) < 4.78 is 0. The van der Waals surface area contributed by atoms with E-state index in [0.717, 1.165) is 32.8 Å². The average molecular weight is 504 g/mol. The molecule has 6 aromatic carbocycles. The Balaban J connectivity index is 1.44. The van der Waals surface area contributed by atoms with Crippen molar-refractivity contribution < 1.29 is 0 Å². The van der Waals surface area contributed by atoms with Gasteiger partial charge >= 0.3 is 0 Å². The zero-order valence-corrected chi connectivity index (χ0v) is 22.0. The van der Waals surface area contributed by atoms with Crippen LogP contribution in [0.15, 0.2) is 115 Å². The summed E-state index contributed by atoms with van der Waals surface area (Å²) in [6.07, 6.45) is 0. The van der Waals surface area contributed by atoms with Crippen LogP contribution >= 0.6 is 0 Å². The molecule has 7 rings (SSSR count). The average Bonchev–Trinajstić information content (AvgIpc) is 3.21. The van der Waals surface area contributed by atoms with Gasteiger partial charge in [0.25, 0.3) is 0 Å². The van der Waals surface area contributed by atoms with Gasteiger partial charge in [0.05, 0.1) is 0 Å². The number of fused-ring (bicyclic) bond motifs is 5. The minimum absolute atomic E-state index is 0.0484. The number of hydrogen-bond acceptors (Lipinski definition) is 2. The van der Waals surface area contributed by atoms with Crippen LogP contribution in [0.2, 0.25) is 0 Å². The third-order valence-corrected chi connectivity index (χ3v) is 8.41. The van der Waals surface area contributed by atoms with Crippen LogP contribution in [0.3, 0.4) is 0 Å². The molecule has 0 saturated heterocycles. The third-order valence-electron chi connectivity index (χ3n) is 8.41. The van der Waals surface area contributed by atoms with Crippen molar-refractivity contribution >= 4 is 27.4 Å². The second-order valence-electron chi connectivity index (χ2n) is 10.9. The fourth-order valence-corrected chi connectivity index (χ4v) is 6.41. The normalized spacial score (nSPS) is 13.3. The molecule has 0 aromatic heterocycles. The molecule has 0 unspecified atom stereocenters. The second kappa shape index (κ2) is 8.65. The van der Waals surface area contributed by atoms with E-state index in [4.69, 9.17) is 11.3 Å². The lowest BCUT2D eigenvalue weighted by Gasteiger charge is -2.22. The van der Waals surface area contributed by atoms with Crippen molar-refractivity contribution in [2.45, 2.75) is 19.3 Å². The zero-order valence-electron chi connectivity index (χ0n) is 22.0. The predicted molar refractivity (Wildman–Crippen MR) is 164 cm³/mol. The maximum absolute atomic E-state index is 8.56. The molecule has 4 N–H and O–H groups in total. The van der Waals surface area contributed by atoms with E-state index in [1.165, 1.54) is 38.8 Å². The van der Waals surface area contributed by atoms with Gasteiger partial charge in [-0.05, 0) is 84.3 Å². The van der Waals surface area contributed by atoms with Crippen molar-refractivity contribution in [3.63, 3.8) is 0 Å². The highest BCUT2D eigenvalue weighted by atomic mass is 15.2. The van der Waals surface area contributed by atoms with Crippen LogP contribution in [0.5, 0.6) is 0 Å². The number of hydrazine groups is 1. The molecule has 1 aliphatic rings. The standard InChI is InChI=1S/C36H29N3/c1-36(2)33-14-8-7-13-29(33)30-16-15-24(21-34(30)36)25-17-18-28(27-12-6-5-11-26(25)27)31-19-22-9-3-4-10-23(22)20-32(31)35(37)39-38/h3-21H,38H2,1-2H3,(H2,37,39). The van der Waals surface area contributed by atoms with Crippen molar-refractivity contribution in [3.05, 3.63) is 132 Å². The lowest BCUT2D eigenvalue weighted by molar-refractivity contribution is 0.660. The lowest BCUT2D eigenvalue weighted by Crippen LogP contribution is -2.30. The van der Waals surface area contributed by atoms with E-state index in [1.807, 2.05) is 12.1 Å². The van der Waals surface area contributed by atoms with Crippen LogP contribution in [0.4, 0.5) is 0 Å². The summed E-state index contributed by atoms with van der Waals surface area (Å²) in [7, 11) is 0. The Morgan fingerprint density at radius 2 is 1.18 bits per heavy atom. The molecule has 188 valence electrons. The Morgan fingerprint density at radius 3 is 1.95 bits per heavy atom. The molecular formula is C36H29N3. The first-order chi connectivity index (χ1) is 19.0. The zero-order chi connectivity index (χ0) is 26.7. The van der Waals surface area contributed by atoms with E-state index in [9.17, 15) is 0 Å². The Bertz CT molecular complexity index is 1950. The molecule has 0 amide bonds. The van der Waals surface area contributed by atoms with Gasteiger partial charge in [0, 0.05) is 11.0 Å². The van der Waals surface area contributed by atoms with Gasteiger partial charge in [-0.15, -0.1) is 0 Å². The number of benzene rings is 6. The second-order valence-corrected chi connectivity index (χ2v) is 10.9. The molecule has 6 aromatic rings. The van der Waals surface area contributed by atoms with Crippen molar-refractivity contribution in [1.82, 2.24) is 5.43 Å². The Kier molecular flexibility index (Phi) is 5.19.